The number of nitrogens with zero attached hydrogens (tertiary/aromatic N) is 1. The molecule has 0 saturated carbocycles. The van der Waals surface area contributed by atoms with Crippen molar-refractivity contribution in [3.8, 4) is 5.75 Å². The summed E-state index contributed by atoms with van der Waals surface area (Å²) in [5, 5.41) is 12.7. The van der Waals surface area contributed by atoms with Crippen molar-refractivity contribution in [3.63, 3.8) is 0 Å². The van der Waals surface area contributed by atoms with Crippen LogP contribution in [-0.4, -0.2) is 47.5 Å². The van der Waals surface area contributed by atoms with Gasteiger partial charge in [-0.2, -0.15) is 0 Å². The van der Waals surface area contributed by atoms with E-state index in [0.29, 0.717) is 17.7 Å². The van der Waals surface area contributed by atoms with Crippen molar-refractivity contribution in [1.82, 2.24) is 10.2 Å². The molecule has 0 bridgehead atoms. The number of phenolic OH excluding ortho intramolecular Hbond substituents is 1. The monoisotopic (exact) mass is 291 g/mol. The number of hydrogen-bond donors (Lipinski definition) is 3. The van der Waals surface area contributed by atoms with Crippen LogP contribution in [0.1, 0.15) is 28.8 Å². The van der Waals surface area contributed by atoms with Crippen LogP contribution in [-0.2, 0) is 4.79 Å². The number of aryl methyl sites for hydroxylation is 1. The van der Waals surface area contributed by atoms with E-state index in [-0.39, 0.29) is 24.2 Å². The highest BCUT2D eigenvalue weighted by Crippen LogP contribution is 2.20. The number of nitrogens with two attached hydrogens (primary N) is 1. The van der Waals surface area contributed by atoms with Gasteiger partial charge in [0, 0.05) is 18.2 Å². The van der Waals surface area contributed by atoms with E-state index in [0.717, 1.165) is 19.4 Å². The van der Waals surface area contributed by atoms with Crippen LogP contribution in [0.4, 0.5) is 0 Å². The summed E-state index contributed by atoms with van der Waals surface area (Å²) in [6.45, 7) is 3.25. The zero-order valence-corrected chi connectivity index (χ0v) is 12.1. The van der Waals surface area contributed by atoms with Crippen LogP contribution in [0.2, 0.25) is 0 Å². The molecule has 2 rings (SSSR count). The van der Waals surface area contributed by atoms with Crippen molar-refractivity contribution in [2.24, 2.45) is 5.73 Å². The number of carbonyl (C=O) groups is 2. The van der Waals surface area contributed by atoms with Crippen molar-refractivity contribution in [3.05, 3.63) is 29.3 Å². The van der Waals surface area contributed by atoms with Crippen molar-refractivity contribution in [2.75, 3.05) is 19.6 Å². The molecular formula is C15H21N3O3. The normalized spacial score (nSPS) is 18.2. The van der Waals surface area contributed by atoms with E-state index < -0.39 is 5.91 Å². The van der Waals surface area contributed by atoms with Crippen LogP contribution in [0, 0.1) is 6.92 Å². The first-order chi connectivity index (χ1) is 9.99. The molecule has 1 aliphatic rings. The summed E-state index contributed by atoms with van der Waals surface area (Å²) in [7, 11) is 0. The predicted molar refractivity (Wildman–Crippen MR) is 79.0 cm³/mol. The number of carbonyl (C=O) groups excluding carboxylic acids is 2. The van der Waals surface area contributed by atoms with Gasteiger partial charge in [0.25, 0.3) is 5.91 Å². The van der Waals surface area contributed by atoms with Gasteiger partial charge < -0.3 is 21.1 Å². The van der Waals surface area contributed by atoms with Crippen LogP contribution in [0.3, 0.4) is 0 Å². The molecule has 1 fully saturated rings. The largest absolute Gasteiger partial charge is 0.508 e. The molecule has 1 heterocycles. The zero-order valence-electron chi connectivity index (χ0n) is 12.1. The molecule has 1 aliphatic heterocycles. The highest BCUT2D eigenvalue weighted by molar-refractivity contribution is 5.98. The van der Waals surface area contributed by atoms with Crippen LogP contribution in [0.25, 0.3) is 0 Å². The SMILES string of the molecule is Cc1cc(O)ccc1C(=O)N(CC(N)=O)C1CCCNC1. The van der Waals surface area contributed by atoms with Gasteiger partial charge in [-0.3, -0.25) is 9.59 Å². The average Bonchev–Trinajstić information content (AvgIpc) is 2.45. The Morgan fingerprint density at radius 3 is 2.81 bits per heavy atom. The Labute approximate surface area is 123 Å². The molecule has 0 spiro atoms. The lowest BCUT2D eigenvalue weighted by Gasteiger charge is -2.34. The van der Waals surface area contributed by atoms with Gasteiger partial charge in [-0.15, -0.1) is 0 Å². The van der Waals surface area contributed by atoms with E-state index in [9.17, 15) is 14.7 Å². The molecule has 1 aromatic carbocycles. The highest BCUT2D eigenvalue weighted by Gasteiger charge is 2.28. The van der Waals surface area contributed by atoms with Gasteiger partial charge in [-0.1, -0.05) is 0 Å². The molecule has 1 unspecified atom stereocenters. The summed E-state index contributed by atoms with van der Waals surface area (Å²) in [5.74, 6) is -0.629. The Balaban J connectivity index is 2.26. The highest BCUT2D eigenvalue weighted by atomic mass is 16.3. The summed E-state index contributed by atoms with van der Waals surface area (Å²) < 4.78 is 0. The standard InChI is InChI=1S/C15H21N3O3/c1-10-7-12(19)4-5-13(10)15(21)18(9-14(16)20)11-3-2-6-17-8-11/h4-5,7,11,17,19H,2-3,6,8-9H2,1H3,(H2,16,20). The molecule has 1 atom stereocenters. The quantitative estimate of drug-likeness (QED) is 0.747. The van der Waals surface area contributed by atoms with Crippen LogP contribution in [0.5, 0.6) is 5.75 Å². The molecule has 1 aromatic rings. The lowest BCUT2D eigenvalue weighted by molar-refractivity contribution is -0.119. The number of aromatic hydroxyl groups is 1. The Morgan fingerprint density at radius 2 is 2.24 bits per heavy atom. The molecule has 0 radical (unpaired) electrons. The first-order valence-electron chi connectivity index (χ1n) is 7.08. The Hall–Kier alpha value is -2.08. The van der Waals surface area contributed by atoms with E-state index in [1.165, 1.54) is 17.0 Å². The van der Waals surface area contributed by atoms with Crippen LogP contribution >= 0.6 is 0 Å². The minimum atomic E-state index is -0.523. The molecule has 114 valence electrons. The maximum atomic E-state index is 12.7. The van der Waals surface area contributed by atoms with E-state index >= 15 is 0 Å². The third-order valence-electron chi connectivity index (χ3n) is 3.74. The smallest absolute Gasteiger partial charge is 0.254 e. The number of nitrogens with one attached hydrogen (secondary N) is 1. The number of primary amides is 1. The van der Waals surface area contributed by atoms with Gasteiger partial charge in [0.2, 0.25) is 5.91 Å². The van der Waals surface area contributed by atoms with Gasteiger partial charge >= 0.3 is 0 Å². The third kappa shape index (κ3) is 3.72. The fourth-order valence-corrected chi connectivity index (χ4v) is 2.68. The summed E-state index contributed by atoms with van der Waals surface area (Å²) >= 11 is 0. The fraction of sp³-hybridized carbons (Fsp3) is 0.467. The summed E-state index contributed by atoms with van der Waals surface area (Å²) in [6, 6.07) is 4.56. The average molecular weight is 291 g/mol. The van der Waals surface area contributed by atoms with Crippen molar-refractivity contribution in [1.29, 1.82) is 0 Å². The lowest BCUT2D eigenvalue weighted by atomic mass is 10.0. The van der Waals surface area contributed by atoms with Gasteiger partial charge in [0.1, 0.15) is 5.75 Å². The Bertz CT molecular complexity index is 539. The van der Waals surface area contributed by atoms with Crippen molar-refractivity contribution in [2.45, 2.75) is 25.8 Å². The second-order valence-electron chi connectivity index (χ2n) is 5.40. The second kappa shape index (κ2) is 6.58. The molecule has 4 N–H and O–H groups in total. The zero-order chi connectivity index (χ0) is 15.4. The maximum Gasteiger partial charge on any atom is 0.254 e. The number of piperidine rings is 1. The Kier molecular flexibility index (Phi) is 4.80. The molecule has 0 aliphatic carbocycles. The van der Waals surface area contributed by atoms with E-state index in [2.05, 4.69) is 5.32 Å². The number of hydrogen-bond acceptors (Lipinski definition) is 4. The predicted octanol–water partition coefficient (Wildman–Crippen LogP) is 0.380. The molecule has 6 nitrogen and oxygen atoms in total. The van der Waals surface area contributed by atoms with Gasteiger partial charge in [0.05, 0.1) is 6.54 Å². The van der Waals surface area contributed by atoms with E-state index in [1.54, 1.807) is 13.0 Å². The number of rotatable bonds is 4. The van der Waals surface area contributed by atoms with Crippen LogP contribution < -0.4 is 11.1 Å². The Morgan fingerprint density at radius 1 is 1.48 bits per heavy atom. The maximum absolute atomic E-state index is 12.7. The molecule has 0 aromatic heterocycles. The minimum absolute atomic E-state index is 0.0352. The second-order valence-corrected chi connectivity index (χ2v) is 5.40. The topological polar surface area (TPSA) is 95.7 Å². The molecule has 1 saturated heterocycles. The first kappa shape index (κ1) is 15.3. The molecule has 2 amide bonds. The number of amides is 2. The number of benzene rings is 1. The first-order valence-corrected chi connectivity index (χ1v) is 7.08. The van der Waals surface area contributed by atoms with E-state index in [1.807, 2.05) is 0 Å². The molecule has 6 heteroatoms. The molecular weight excluding hydrogens is 270 g/mol. The van der Waals surface area contributed by atoms with Gasteiger partial charge in [0.15, 0.2) is 0 Å². The fourth-order valence-electron chi connectivity index (χ4n) is 2.68. The van der Waals surface area contributed by atoms with Gasteiger partial charge in [-0.05, 0) is 50.1 Å². The minimum Gasteiger partial charge on any atom is -0.508 e. The van der Waals surface area contributed by atoms with Crippen molar-refractivity contribution >= 4 is 11.8 Å². The van der Waals surface area contributed by atoms with E-state index in [4.69, 9.17) is 5.73 Å². The number of phenols is 1. The van der Waals surface area contributed by atoms with Crippen molar-refractivity contribution < 1.29 is 14.7 Å². The molecule has 21 heavy (non-hydrogen) atoms. The lowest BCUT2D eigenvalue weighted by Crippen LogP contribution is -2.51. The summed E-state index contributed by atoms with van der Waals surface area (Å²) in [5.41, 5.74) is 6.45. The summed E-state index contributed by atoms with van der Waals surface area (Å²) in [6.07, 6.45) is 1.81. The van der Waals surface area contributed by atoms with Gasteiger partial charge in [-0.25, -0.2) is 0 Å². The third-order valence-corrected chi connectivity index (χ3v) is 3.74. The van der Waals surface area contributed by atoms with Crippen LogP contribution in [0.15, 0.2) is 18.2 Å². The summed E-state index contributed by atoms with van der Waals surface area (Å²) in [4.78, 5) is 25.6.